The van der Waals surface area contributed by atoms with Crippen molar-refractivity contribution in [2.24, 2.45) is 0 Å². The van der Waals surface area contributed by atoms with Crippen LogP contribution in [0.2, 0.25) is 0 Å². The average molecular weight is 306 g/mol. The predicted octanol–water partition coefficient (Wildman–Crippen LogP) is 2.09. The minimum Gasteiger partial charge on any atom is -0.497 e. The van der Waals surface area contributed by atoms with Gasteiger partial charge >= 0.3 is 0 Å². The molecule has 0 aliphatic carbocycles. The Morgan fingerprint density at radius 1 is 1.09 bits per heavy atom. The number of methoxy groups -OCH3 is 1. The van der Waals surface area contributed by atoms with Gasteiger partial charge in [0.15, 0.2) is 0 Å². The van der Waals surface area contributed by atoms with Gasteiger partial charge in [0.1, 0.15) is 5.75 Å². The molecule has 3 N–H and O–H groups in total. The van der Waals surface area contributed by atoms with E-state index >= 15 is 0 Å². The molecule has 0 radical (unpaired) electrons. The van der Waals surface area contributed by atoms with E-state index < -0.39 is 11.8 Å². The van der Waals surface area contributed by atoms with Gasteiger partial charge < -0.3 is 9.84 Å². The van der Waals surface area contributed by atoms with Crippen LogP contribution in [0.1, 0.15) is 20.7 Å². The highest BCUT2D eigenvalue weighted by Crippen LogP contribution is 2.39. The highest BCUT2D eigenvalue weighted by Gasteiger charge is 2.34. The molecule has 112 valence electrons. The number of hydrogen-bond donors (Lipinski definition) is 3. The summed E-state index contributed by atoms with van der Waals surface area (Å²) in [6, 6.07) is 5.50. The Labute approximate surface area is 128 Å². The van der Waals surface area contributed by atoms with Crippen molar-refractivity contribution in [3.8, 4) is 5.75 Å². The van der Waals surface area contributed by atoms with Crippen molar-refractivity contribution in [1.29, 1.82) is 0 Å². The largest absolute Gasteiger partial charge is 0.497 e. The Morgan fingerprint density at radius 3 is 2.74 bits per heavy atom. The van der Waals surface area contributed by atoms with Crippen LogP contribution in [-0.2, 0) is 0 Å². The van der Waals surface area contributed by atoms with Gasteiger partial charge in [0.25, 0.3) is 11.8 Å². The van der Waals surface area contributed by atoms with Crippen LogP contribution in [0.4, 0.5) is 0 Å². The van der Waals surface area contributed by atoms with Crippen LogP contribution in [0.15, 0.2) is 24.4 Å². The number of benzene rings is 2. The second-order valence-electron chi connectivity index (χ2n) is 5.45. The number of nitrogens with zero attached hydrogens (tertiary/aromatic N) is 1. The second-order valence-corrected chi connectivity index (χ2v) is 5.45. The van der Waals surface area contributed by atoms with Gasteiger partial charge in [-0.15, -0.1) is 0 Å². The molecule has 2 amide bonds. The van der Waals surface area contributed by atoms with Crippen molar-refractivity contribution in [3.05, 3.63) is 35.5 Å². The van der Waals surface area contributed by atoms with Gasteiger partial charge in [-0.1, -0.05) is 0 Å². The molecular formula is C16H10N4O3. The zero-order chi connectivity index (χ0) is 15.7. The van der Waals surface area contributed by atoms with E-state index in [0.717, 1.165) is 16.3 Å². The molecule has 0 spiro atoms. The number of H-pyrrole nitrogens is 2. The molecule has 0 bridgehead atoms. The lowest BCUT2D eigenvalue weighted by Gasteiger charge is -2.02. The van der Waals surface area contributed by atoms with Crippen molar-refractivity contribution in [1.82, 2.24) is 20.5 Å². The van der Waals surface area contributed by atoms with Gasteiger partial charge in [-0.05, 0) is 18.2 Å². The van der Waals surface area contributed by atoms with Gasteiger partial charge in [0.2, 0.25) is 0 Å². The molecule has 7 nitrogen and oxygen atoms in total. The SMILES string of the molecule is COc1ccc2nc3c4c[nH][nH]c4c4c(c3c2c1)C(=O)NC4=O. The van der Waals surface area contributed by atoms with Gasteiger partial charge in [-0.2, -0.15) is 0 Å². The van der Waals surface area contributed by atoms with Crippen molar-refractivity contribution >= 4 is 44.5 Å². The maximum atomic E-state index is 12.3. The zero-order valence-electron chi connectivity index (χ0n) is 12.0. The first-order chi connectivity index (χ1) is 11.2. The highest BCUT2D eigenvalue weighted by atomic mass is 16.5. The fraction of sp³-hybridized carbons (Fsp3) is 0.0625. The first-order valence-electron chi connectivity index (χ1n) is 7.03. The number of nitrogens with one attached hydrogen (secondary N) is 3. The van der Waals surface area contributed by atoms with Crippen molar-refractivity contribution in [2.45, 2.75) is 0 Å². The summed E-state index contributed by atoms with van der Waals surface area (Å²) in [6.07, 6.45) is 1.75. The molecule has 7 heteroatoms. The van der Waals surface area contributed by atoms with Crippen molar-refractivity contribution < 1.29 is 14.3 Å². The number of fused-ring (bicyclic) bond motifs is 8. The summed E-state index contributed by atoms with van der Waals surface area (Å²) in [5.74, 6) is -0.125. The summed E-state index contributed by atoms with van der Waals surface area (Å²) in [6.45, 7) is 0. The Balaban J connectivity index is 2.12. The topological polar surface area (TPSA) is 99.9 Å². The van der Waals surface area contributed by atoms with Crippen LogP contribution in [0.3, 0.4) is 0 Å². The lowest BCUT2D eigenvalue weighted by atomic mass is 9.99. The number of aromatic amines is 2. The molecule has 5 rings (SSSR count). The van der Waals surface area contributed by atoms with Crippen LogP contribution >= 0.6 is 0 Å². The number of imide groups is 1. The Morgan fingerprint density at radius 2 is 1.91 bits per heavy atom. The molecule has 3 heterocycles. The van der Waals surface area contributed by atoms with E-state index in [9.17, 15) is 9.59 Å². The standard InChI is InChI=1S/C16H10N4O3/c1-23-6-2-3-9-7(4-6)10-11-12(16(22)19-15(11)21)14-8(5-17-20-14)13(10)18-9/h2-5,17,20H,1H3,(H,19,21,22). The van der Waals surface area contributed by atoms with Crippen LogP contribution in [0.5, 0.6) is 5.75 Å². The Hall–Kier alpha value is -3.35. The van der Waals surface area contributed by atoms with Crippen molar-refractivity contribution in [2.75, 3.05) is 7.11 Å². The van der Waals surface area contributed by atoms with Gasteiger partial charge in [0, 0.05) is 22.4 Å². The van der Waals surface area contributed by atoms with Crippen LogP contribution < -0.4 is 10.1 Å². The second kappa shape index (κ2) is 3.89. The fourth-order valence-corrected chi connectivity index (χ4v) is 3.33. The lowest BCUT2D eigenvalue weighted by molar-refractivity contribution is 0.0880. The number of hydrogen-bond acceptors (Lipinski definition) is 4. The number of amides is 2. The first kappa shape index (κ1) is 12.2. The number of carbonyl (C=O) groups is 2. The molecule has 2 aromatic carbocycles. The van der Waals surface area contributed by atoms with Crippen LogP contribution in [-0.4, -0.2) is 34.1 Å². The summed E-state index contributed by atoms with van der Waals surface area (Å²) in [5.41, 5.74) is 2.75. The molecule has 0 atom stereocenters. The van der Waals surface area contributed by atoms with E-state index in [4.69, 9.17) is 4.74 Å². The maximum Gasteiger partial charge on any atom is 0.261 e. The average Bonchev–Trinajstić information content (AvgIpc) is 3.22. The number of aromatic nitrogens is 3. The third kappa shape index (κ3) is 1.36. The molecular weight excluding hydrogens is 296 g/mol. The minimum absolute atomic E-state index is 0.357. The molecule has 1 aliphatic heterocycles. The molecule has 0 fully saturated rings. The third-order valence-electron chi connectivity index (χ3n) is 4.31. The first-order valence-corrected chi connectivity index (χ1v) is 7.03. The van der Waals surface area contributed by atoms with E-state index in [2.05, 4.69) is 20.5 Å². The minimum atomic E-state index is -0.399. The molecule has 0 unspecified atom stereocenters. The summed E-state index contributed by atoms with van der Waals surface area (Å²) in [5, 5.41) is 10.4. The smallest absolute Gasteiger partial charge is 0.261 e. The number of carbonyl (C=O) groups excluding carboxylic acids is 2. The molecule has 0 saturated heterocycles. The van der Waals surface area contributed by atoms with Gasteiger partial charge in [-0.25, -0.2) is 4.98 Å². The Bertz CT molecular complexity index is 1170. The van der Waals surface area contributed by atoms with E-state index in [1.165, 1.54) is 0 Å². The molecule has 4 aromatic rings. The zero-order valence-corrected chi connectivity index (χ0v) is 12.0. The van der Waals surface area contributed by atoms with Crippen LogP contribution in [0.25, 0.3) is 32.7 Å². The lowest BCUT2D eigenvalue weighted by Crippen LogP contribution is -2.20. The third-order valence-corrected chi connectivity index (χ3v) is 4.31. The summed E-state index contributed by atoms with van der Waals surface area (Å²) in [4.78, 5) is 29.2. The number of rotatable bonds is 1. The predicted molar refractivity (Wildman–Crippen MR) is 83.8 cm³/mol. The van der Waals surface area contributed by atoms with E-state index in [1.807, 2.05) is 18.2 Å². The van der Waals surface area contributed by atoms with Gasteiger partial charge in [-0.3, -0.25) is 20.0 Å². The summed E-state index contributed by atoms with van der Waals surface area (Å²) >= 11 is 0. The Kier molecular flexibility index (Phi) is 2.07. The van der Waals surface area contributed by atoms with Crippen LogP contribution in [0, 0.1) is 0 Å². The molecule has 0 saturated carbocycles. The summed E-state index contributed by atoms with van der Waals surface area (Å²) < 4.78 is 5.27. The molecule has 23 heavy (non-hydrogen) atoms. The normalized spacial score (nSPS) is 14.0. The summed E-state index contributed by atoms with van der Waals surface area (Å²) in [7, 11) is 1.58. The monoisotopic (exact) mass is 306 g/mol. The van der Waals surface area contributed by atoms with E-state index in [-0.39, 0.29) is 0 Å². The molecule has 1 aliphatic rings. The van der Waals surface area contributed by atoms with E-state index in [1.54, 1.807) is 13.3 Å². The quantitative estimate of drug-likeness (QED) is 0.469. The number of ether oxygens (including phenoxy) is 1. The highest BCUT2D eigenvalue weighted by molar-refractivity contribution is 6.36. The maximum absolute atomic E-state index is 12.3. The van der Waals surface area contributed by atoms with E-state index in [0.29, 0.717) is 33.3 Å². The van der Waals surface area contributed by atoms with Crippen molar-refractivity contribution in [3.63, 3.8) is 0 Å². The fourth-order valence-electron chi connectivity index (χ4n) is 3.33. The van der Waals surface area contributed by atoms with Gasteiger partial charge in [0.05, 0.1) is 34.8 Å². The molecule has 2 aromatic heterocycles.